The Balaban J connectivity index is 0.862. The molecule has 4 amide bonds. The normalized spacial score (nSPS) is 17.1. The first-order valence-electron chi connectivity index (χ1n) is 23.3. The van der Waals surface area contributed by atoms with Crippen molar-refractivity contribution in [3.63, 3.8) is 0 Å². The number of nitrogens with one attached hydrogen (secondary N) is 2. The van der Waals surface area contributed by atoms with Crippen LogP contribution < -0.4 is 25.2 Å². The minimum absolute atomic E-state index is 0.0446. The van der Waals surface area contributed by atoms with Crippen molar-refractivity contribution in [2.45, 2.75) is 97.3 Å². The molecule has 23 heteroatoms. The van der Waals surface area contributed by atoms with E-state index in [2.05, 4.69) is 25.6 Å². The Morgan fingerprint density at radius 1 is 1.00 bits per heavy atom. The first-order valence-corrected chi connectivity index (χ1v) is 24.6. The third-order valence-electron chi connectivity index (χ3n) is 12.4. The number of ether oxygens (including phenoxy) is 2. The molecule has 4 heterocycles. The zero-order chi connectivity index (χ0) is 53.9. The smallest absolute Gasteiger partial charge is 0.420 e. The molecule has 7 rings (SSSR count). The summed E-state index contributed by atoms with van der Waals surface area (Å²) >= 11 is 7.02. The molecule has 0 spiro atoms. The Kier molecular flexibility index (Phi) is 16.5. The zero-order valence-electron chi connectivity index (χ0n) is 41.1. The van der Waals surface area contributed by atoms with Crippen LogP contribution in [0.15, 0.2) is 72.5 Å². The predicted molar refractivity (Wildman–Crippen MR) is 267 cm³/mol. The molecule has 2 fully saturated rings. The van der Waals surface area contributed by atoms with Gasteiger partial charge in [-0.2, -0.15) is 18.4 Å². The van der Waals surface area contributed by atoms with Crippen molar-refractivity contribution < 1.29 is 55.7 Å². The molecule has 3 aromatic carbocycles. The Labute approximate surface area is 432 Å². The molecule has 2 saturated heterocycles. The number of hydrogen-bond acceptors (Lipinski definition) is 13. The van der Waals surface area contributed by atoms with Crippen molar-refractivity contribution in [2.75, 3.05) is 36.2 Å². The van der Waals surface area contributed by atoms with Crippen LogP contribution in [0, 0.1) is 35.3 Å². The Morgan fingerprint density at radius 3 is 2.30 bits per heavy atom. The zero-order valence-corrected chi connectivity index (χ0v) is 42.7. The molecule has 2 aliphatic rings. The molecule has 390 valence electrons. The van der Waals surface area contributed by atoms with Gasteiger partial charge in [-0.1, -0.05) is 45.0 Å². The molecule has 2 aliphatic heterocycles. The van der Waals surface area contributed by atoms with Gasteiger partial charge in [-0.25, -0.2) is 23.7 Å². The van der Waals surface area contributed by atoms with Gasteiger partial charge in [0.2, 0.25) is 17.7 Å². The number of alkyl halides is 3. The summed E-state index contributed by atoms with van der Waals surface area (Å²) in [6.45, 7) is 10.1. The molecular weight excluding hydrogens is 1010 g/mol. The second-order valence-corrected chi connectivity index (χ2v) is 20.4. The third-order valence-corrected chi connectivity index (χ3v) is 13.7. The lowest BCUT2D eigenvalue weighted by Crippen LogP contribution is -2.58. The number of nitriles is 1. The second-order valence-electron chi connectivity index (χ2n) is 19.2. The number of thiocarbonyl (C=S) groups is 1. The number of halogens is 5. The lowest BCUT2D eigenvalue weighted by Gasteiger charge is -2.35. The molecule has 0 radical (unpaired) electrons. The number of aromatic nitrogens is 3. The third kappa shape index (κ3) is 11.8. The average Bonchev–Trinajstić information content (AvgIpc) is 4.01. The van der Waals surface area contributed by atoms with Gasteiger partial charge < -0.3 is 35.0 Å². The number of unbranched alkanes of at least 4 members (excludes halogenated alkanes) is 1. The molecule has 0 unspecified atom stereocenters. The monoisotopic (exact) mass is 1060 g/mol. The number of benzene rings is 3. The molecule has 2 aromatic heterocycles. The van der Waals surface area contributed by atoms with E-state index in [1.54, 1.807) is 37.6 Å². The van der Waals surface area contributed by atoms with Crippen LogP contribution in [0.2, 0.25) is 0 Å². The first kappa shape index (κ1) is 54.8. The Bertz CT molecular complexity index is 2980. The summed E-state index contributed by atoms with van der Waals surface area (Å²) in [7, 11) is 0. The minimum Gasteiger partial charge on any atom is -0.491 e. The summed E-state index contributed by atoms with van der Waals surface area (Å²) in [4.78, 5) is 71.2. The van der Waals surface area contributed by atoms with E-state index in [0.717, 1.165) is 39.9 Å². The van der Waals surface area contributed by atoms with E-state index >= 15 is 8.78 Å². The number of amides is 4. The minimum atomic E-state index is -5.24. The summed E-state index contributed by atoms with van der Waals surface area (Å²) in [5, 5.41) is 25.0. The first-order chi connectivity index (χ1) is 34.9. The van der Waals surface area contributed by atoms with Gasteiger partial charge in [0.1, 0.15) is 29.8 Å². The van der Waals surface area contributed by atoms with E-state index in [9.17, 15) is 42.7 Å². The predicted octanol–water partition coefficient (Wildman–Crippen LogP) is 7.65. The van der Waals surface area contributed by atoms with E-state index < -0.39 is 87.4 Å². The summed E-state index contributed by atoms with van der Waals surface area (Å²) in [5.41, 5.74) is -0.921. The van der Waals surface area contributed by atoms with Crippen LogP contribution in [0.3, 0.4) is 0 Å². The maximum Gasteiger partial charge on any atom is 0.420 e. The van der Waals surface area contributed by atoms with E-state index in [0.29, 0.717) is 17.7 Å². The number of rotatable bonds is 17. The van der Waals surface area contributed by atoms with Gasteiger partial charge in [-0.05, 0) is 92.7 Å². The molecular formula is C51H52F5N9O7S2. The highest BCUT2D eigenvalue weighted by Gasteiger charge is 2.52. The Hall–Kier alpha value is -7.00. The van der Waals surface area contributed by atoms with Crippen molar-refractivity contribution in [1.29, 1.82) is 5.26 Å². The highest BCUT2D eigenvalue weighted by atomic mass is 32.1. The number of β-amino-alcohol motifs (C(OH)–C–C–N with tert-alkyl or cyclic N) is 1. The van der Waals surface area contributed by atoms with Gasteiger partial charge in [0, 0.05) is 31.7 Å². The number of aliphatic hydroxyl groups is 1. The second kappa shape index (κ2) is 22.2. The molecule has 0 saturated carbocycles. The fourth-order valence-electron chi connectivity index (χ4n) is 8.53. The molecule has 3 atom stereocenters. The van der Waals surface area contributed by atoms with Crippen molar-refractivity contribution in [2.24, 2.45) is 5.41 Å². The molecule has 3 N–H and O–H groups in total. The van der Waals surface area contributed by atoms with E-state index in [1.807, 2.05) is 31.2 Å². The number of nitrogens with zero attached hydrogens (tertiary/aromatic N) is 7. The van der Waals surface area contributed by atoms with Gasteiger partial charge in [0.15, 0.2) is 28.3 Å². The lowest BCUT2D eigenvalue weighted by molar-refractivity contribution is -0.144. The van der Waals surface area contributed by atoms with Gasteiger partial charge in [0.25, 0.3) is 5.91 Å². The molecule has 0 bridgehead atoms. The molecule has 74 heavy (non-hydrogen) atoms. The quantitative estimate of drug-likeness (QED) is 0.0466. The van der Waals surface area contributed by atoms with Crippen molar-refractivity contribution in [3.8, 4) is 33.6 Å². The summed E-state index contributed by atoms with van der Waals surface area (Å²) in [5.74, 6) is -4.90. The lowest BCUT2D eigenvalue weighted by atomic mass is 9.85. The maximum absolute atomic E-state index is 15.4. The Morgan fingerprint density at radius 2 is 1.68 bits per heavy atom. The van der Waals surface area contributed by atoms with Crippen LogP contribution >= 0.6 is 23.6 Å². The fourth-order valence-corrected chi connectivity index (χ4v) is 9.85. The van der Waals surface area contributed by atoms with Crippen LogP contribution in [0.25, 0.3) is 21.8 Å². The number of likely N-dealkylation sites (tertiary alicyclic amines) is 1. The number of thiazole rings is 1. The maximum atomic E-state index is 15.4. The number of hydrogen-bond donors (Lipinski definition) is 3. The summed E-state index contributed by atoms with van der Waals surface area (Å²) < 4.78 is 83.2. The van der Waals surface area contributed by atoms with E-state index in [1.165, 1.54) is 54.2 Å². The van der Waals surface area contributed by atoms with E-state index in [-0.39, 0.29) is 67.3 Å². The standard InChI is InChI=1S/C51H52F5N9O7S2/c1-28-42(74-27-61-28)30-11-9-29(10-12-30)22-60-45(68)37-20-34(66)25-63(37)46(69)43(49(2,3)4)62-39(67)26-71-17-7-8-18-72-38-16-14-31(19-35(38)52)44-58-23-33(24-59-44)65-48(73)64(47(70)50(65,5)6)36-15-13-32(21-57)40(41(36)53)51(54,55)56/h9-16,19,23-24,27,34,37,43,66H,7-8,17-18,20,22,25-26H2,1-6H3,(H,60,68)(H,62,67)/t34-,37+,43-/m1/s1. The fraction of sp³-hybridized carbons (Fsp3) is 0.392. The van der Waals surface area contributed by atoms with Gasteiger partial charge in [-0.3, -0.25) is 24.1 Å². The van der Waals surface area contributed by atoms with Crippen molar-refractivity contribution in [3.05, 3.63) is 107 Å². The van der Waals surface area contributed by atoms with Crippen molar-refractivity contribution in [1.82, 2.24) is 30.5 Å². The van der Waals surface area contributed by atoms with Crippen LogP contribution in [-0.2, 0) is 36.6 Å². The summed E-state index contributed by atoms with van der Waals surface area (Å²) in [6, 6.07) is 12.7. The van der Waals surface area contributed by atoms with Crippen LogP contribution in [0.4, 0.5) is 33.3 Å². The largest absolute Gasteiger partial charge is 0.491 e. The summed E-state index contributed by atoms with van der Waals surface area (Å²) in [6.07, 6.45) is -2.72. The SMILES string of the molecule is Cc1ncsc1-c1ccc(CNC(=O)[C@@H]2C[C@@H](O)CN2C(=O)[C@@H](NC(=O)COCCCCOc2ccc(-c3ncc(N4C(=S)N(c5ccc(C#N)c(C(F)(F)F)c5F)C(=O)C4(C)C)cn3)cc2F)C(C)(C)C)cc1. The van der Waals surface area contributed by atoms with Crippen LogP contribution in [0.1, 0.15) is 76.3 Å². The van der Waals surface area contributed by atoms with E-state index in [4.69, 9.17) is 21.7 Å². The van der Waals surface area contributed by atoms with Gasteiger partial charge >= 0.3 is 6.18 Å². The highest BCUT2D eigenvalue weighted by Crippen LogP contribution is 2.42. The number of carbonyl (C=O) groups is 4. The number of anilines is 2. The molecule has 5 aromatic rings. The molecule has 16 nitrogen and oxygen atoms in total. The average molecular weight is 1060 g/mol. The van der Waals surface area contributed by atoms with Gasteiger partial charge in [-0.15, -0.1) is 11.3 Å². The highest BCUT2D eigenvalue weighted by molar-refractivity contribution is 7.81. The molecule has 0 aliphatic carbocycles. The number of aliphatic hydroxyl groups excluding tert-OH is 1. The van der Waals surface area contributed by atoms with Crippen LogP contribution in [0.5, 0.6) is 5.75 Å². The van der Waals surface area contributed by atoms with Crippen molar-refractivity contribution >= 4 is 63.7 Å². The van der Waals surface area contributed by atoms with Gasteiger partial charge in [0.05, 0.1) is 64.2 Å². The van der Waals surface area contributed by atoms with Crippen LogP contribution in [-0.4, -0.2) is 104 Å². The number of carbonyl (C=O) groups excluding carboxylic acids is 4. The number of aryl methyl sites for hydroxylation is 1. The topological polar surface area (TPSA) is 203 Å².